The molecule has 1 atom stereocenters. The second kappa shape index (κ2) is 4.91. The lowest BCUT2D eigenvalue weighted by molar-refractivity contribution is 0.532. The van der Waals surface area contributed by atoms with E-state index in [1.54, 1.807) is 0 Å². The van der Waals surface area contributed by atoms with Crippen LogP contribution in [0.5, 0.6) is 0 Å². The Hall–Kier alpha value is -0.860. The molecule has 0 bridgehead atoms. The summed E-state index contributed by atoms with van der Waals surface area (Å²) < 4.78 is 0. The lowest BCUT2D eigenvalue weighted by Gasteiger charge is -2.08. The van der Waals surface area contributed by atoms with E-state index < -0.39 is 0 Å². The maximum Gasteiger partial charge on any atom is 0.0185 e. The number of aryl methyl sites for hydroxylation is 1. The predicted octanol–water partition coefficient (Wildman–Crippen LogP) is 1.47. The smallest absolute Gasteiger partial charge is 0.0185 e. The van der Waals surface area contributed by atoms with Gasteiger partial charge in [0.2, 0.25) is 0 Å². The van der Waals surface area contributed by atoms with Crippen molar-refractivity contribution in [2.75, 3.05) is 0 Å². The molecule has 0 fully saturated rings. The molecule has 2 heteroatoms. The van der Waals surface area contributed by atoms with Crippen LogP contribution >= 0.6 is 0 Å². The van der Waals surface area contributed by atoms with Gasteiger partial charge in [0.1, 0.15) is 0 Å². The molecule has 0 aliphatic carbocycles. The summed E-state index contributed by atoms with van der Waals surface area (Å²) >= 11 is 0. The SMILES string of the molecule is C[C@H](CCc1ccccc1)NN. The van der Waals surface area contributed by atoms with E-state index in [4.69, 9.17) is 5.84 Å². The second-order valence-electron chi connectivity index (χ2n) is 3.09. The first-order valence-corrected chi connectivity index (χ1v) is 4.33. The molecule has 0 saturated heterocycles. The summed E-state index contributed by atoms with van der Waals surface area (Å²) in [6.07, 6.45) is 2.17. The number of nitrogens with one attached hydrogen (secondary N) is 1. The van der Waals surface area contributed by atoms with Crippen molar-refractivity contribution in [3.63, 3.8) is 0 Å². The predicted molar refractivity (Wildman–Crippen MR) is 51.5 cm³/mol. The van der Waals surface area contributed by atoms with E-state index >= 15 is 0 Å². The van der Waals surface area contributed by atoms with Crippen LogP contribution < -0.4 is 11.3 Å². The molecular formula is C10H16N2. The molecule has 12 heavy (non-hydrogen) atoms. The average Bonchev–Trinajstić information content (AvgIpc) is 2.16. The first kappa shape index (κ1) is 9.23. The van der Waals surface area contributed by atoms with Gasteiger partial charge in [0.05, 0.1) is 0 Å². The van der Waals surface area contributed by atoms with Gasteiger partial charge < -0.3 is 0 Å². The molecule has 0 amide bonds. The molecule has 2 nitrogen and oxygen atoms in total. The summed E-state index contributed by atoms with van der Waals surface area (Å²) in [6, 6.07) is 10.8. The fraction of sp³-hybridized carbons (Fsp3) is 0.400. The van der Waals surface area contributed by atoms with E-state index in [0.29, 0.717) is 6.04 Å². The number of hydrogen-bond acceptors (Lipinski definition) is 2. The Bertz CT molecular complexity index is 208. The van der Waals surface area contributed by atoms with Crippen LogP contribution in [0.3, 0.4) is 0 Å². The van der Waals surface area contributed by atoms with Crippen LogP contribution in [0.15, 0.2) is 30.3 Å². The molecule has 1 aromatic carbocycles. The van der Waals surface area contributed by atoms with Gasteiger partial charge in [-0.05, 0) is 25.3 Å². The highest BCUT2D eigenvalue weighted by Crippen LogP contribution is 2.03. The Morgan fingerprint density at radius 2 is 2.00 bits per heavy atom. The number of nitrogens with two attached hydrogens (primary N) is 1. The van der Waals surface area contributed by atoms with E-state index in [1.165, 1.54) is 5.56 Å². The molecule has 0 aromatic heterocycles. The minimum atomic E-state index is 0.394. The van der Waals surface area contributed by atoms with Crippen LogP contribution in [0.2, 0.25) is 0 Å². The molecule has 0 radical (unpaired) electrons. The van der Waals surface area contributed by atoms with E-state index in [9.17, 15) is 0 Å². The van der Waals surface area contributed by atoms with Gasteiger partial charge in [0.15, 0.2) is 0 Å². The third-order valence-corrected chi connectivity index (χ3v) is 1.99. The van der Waals surface area contributed by atoms with Crippen LogP contribution in [0.4, 0.5) is 0 Å². The summed E-state index contributed by atoms with van der Waals surface area (Å²) in [4.78, 5) is 0. The molecule has 0 saturated carbocycles. The zero-order valence-electron chi connectivity index (χ0n) is 7.46. The van der Waals surface area contributed by atoms with Crippen molar-refractivity contribution in [2.24, 2.45) is 5.84 Å². The third kappa shape index (κ3) is 3.03. The van der Waals surface area contributed by atoms with Crippen molar-refractivity contribution < 1.29 is 0 Å². The maximum atomic E-state index is 5.29. The lowest BCUT2D eigenvalue weighted by Crippen LogP contribution is -2.32. The van der Waals surface area contributed by atoms with Gasteiger partial charge in [0.25, 0.3) is 0 Å². The van der Waals surface area contributed by atoms with Crippen LogP contribution in [-0.4, -0.2) is 6.04 Å². The third-order valence-electron chi connectivity index (χ3n) is 1.99. The van der Waals surface area contributed by atoms with Crippen molar-refractivity contribution in [3.8, 4) is 0 Å². The Balaban J connectivity index is 2.33. The largest absolute Gasteiger partial charge is 0.271 e. The van der Waals surface area contributed by atoms with E-state index in [-0.39, 0.29) is 0 Å². The summed E-state index contributed by atoms with van der Waals surface area (Å²) in [7, 11) is 0. The zero-order valence-corrected chi connectivity index (χ0v) is 7.46. The zero-order chi connectivity index (χ0) is 8.81. The van der Waals surface area contributed by atoms with E-state index in [2.05, 4.69) is 36.6 Å². The summed E-state index contributed by atoms with van der Waals surface area (Å²) in [5.74, 6) is 5.29. The Morgan fingerprint density at radius 1 is 1.33 bits per heavy atom. The Kier molecular flexibility index (Phi) is 3.77. The van der Waals surface area contributed by atoms with Crippen molar-refractivity contribution in [3.05, 3.63) is 35.9 Å². The highest BCUT2D eigenvalue weighted by atomic mass is 15.2. The van der Waals surface area contributed by atoms with Crippen molar-refractivity contribution >= 4 is 0 Å². The molecule has 0 aliphatic heterocycles. The van der Waals surface area contributed by atoms with Gasteiger partial charge in [-0.25, -0.2) is 0 Å². The summed E-state index contributed by atoms with van der Waals surface area (Å²) in [5, 5.41) is 0. The van der Waals surface area contributed by atoms with Gasteiger partial charge in [-0.3, -0.25) is 11.3 Å². The Labute approximate surface area is 73.8 Å². The number of rotatable bonds is 4. The van der Waals surface area contributed by atoms with Gasteiger partial charge >= 0.3 is 0 Å². The number of hydrazine groups is 1. The van der Waals surface area contributed by atoms with Crippen LogP contribution in [0, 0.1) is 0 Å². The van der Waals surface area contributed by atoms with Crippen LogP contribution in [0.25, 0.3) is 0 Å². The average molecular weight is 164 g/mol. The van der Waals surface area contributed by atoms with Crippen molar-refractivity contribution in [1.82, 2.24) is 5.43 Å². The quantitative estimate of drug-likeness (QED) is 0.522. The topological polar surface area (TPSA) is 38.0 Å². The lowest BCUT2D eigenvalue weighted by atomic mass is 10.1. The maximum absolute atomic E-state index is 5.29. The summed E-state index contributed by atoms with van der Waals surface area (Å²) in [5.41, 5.74) is 4.11. The van der Waals surface area contributed by atoms with Gasteiger partial charge in [-0.15, -0.1) is 0 Å². The normalized spacial score (nSPS) is 12.8. The highest BCUT2D eigenvalue weighted by molar-refractivity contribution is 5.14. The molecule has 0 aliphatic rings. The molecule has 3 N–H and O–H groups in total. The van der Waals surface area contributed by atoms with E-state index in [0.717, 1.165) is 12.8 Å². The standard InChI is InChI=1S/C10H16N2/c1-9(12-11)7-8-10-5-3-2-4-6-10/h2-6,9,12H,7-8,11H2,1H3/t9-/m1/s1. The highest BCUT2D eigenvalue weighted by Gasteiger charge is 1.98. The molecule has 1 aromatic rings. The fourth-order valence-corrected chi connectivity index (χ4v) is 1.11. The summed E-state index contributed by atoms with van der Waals surface area (Å²) in [6.45, 7) is 2.09. The van der Waals surface area contributed by atoms with Crippen LogP contribution in [-0.2, 0) is 6.42 Å². The molecule has 0 spiro atoms. The first-order valence-electron chi connectivity index (χ1n) is 4.33. The number of hydrogen-bond donors (Lipinski definition) is 2. The van der Waals surface area contributed by atoms with Gasteiger partial charge in [-0.1, -0.05) is 30.3 Å². The van der Waals surface area contributed by atoms with E-state index in [1.807, 2.05) is 6.07 Å². The molecule has 0 heterocycles. The molecular weight excluding hydrogens is 148 g/mol. The van der Waals surface area contributed by atoms with Gasteiger partial charge in [0, 0.05) is 6.04 Å². The van der Waals surface area contributed by atoms with Crippen LogP contribution in [0.1, 0.15) is 18.9 Å². The fourth-order valence-electron chi connectivity index (χ4n) is 1.11. The molecule has 0 unspecified atom stereocenters. The number of benzene rings is 1. The van der Waals surface area contributed by atoms with Crippen molar-refractivity contribution in [1.29, 1.82) is 0 Å². The monoisotopic (exact) mass is 164 g/mol. The molecule has 66 valence electrons. The first-order chi connectivity index (χ1) is 5.83. The van der Waals surface area contributed by atoms with Gasteiger partial charge in [-0.2, -0.15) is 0 Å². The second-order valence-corrected chi connectivity index (χ2v) is 3.09. The Morgan fingerprint density at radius 3 is 2.58 bits per heavy atom. The van der Waals surface area contributed by atoms with Crippen molar-refractivity contribution in [2.45, 2.75) is 25.8 Å². The minimum Gasteiger partial charge on any atom is -0.271 e. The molecule has 1 rings (SSSR count). The minimum absolute atomic E-state index is 0.394.